The molecule has 6 heteroatoms. The second kappa shape index (κ2) is 5.82. The average Bonchev–Trinajstić information content (AvgIpc) is 2.98. The van der Waals surface area contributed by atoms with Crippen molar-refractivity contribution in [2.75, 3.05) is 23.3 Å². The van der Waals surface area contributed by atoms with Crippen molar-refractivity contribution in [1.82, 2.24) is 5.32 Å². The fourth-order valence-corrected chi connectivity index (χ4v) is 4.51. The van der Waals surface area contributed by atoms with E-state index in [4.69, 9.17) is 11.6 Å². The molecular weight excluding hydrogens is 330 g/mol. The standard InChI is InChI=1S/C17H18ClN3OS/c18-15-6-5-12(23-15)11-21-14-4-2-1-3-13(14)20-17(16(21)22)7-9-19-10-8-17/h1-6,19-20H,7-11H2. The molecule has 120 valence electrons. The van der Waals surface area contributed by atoms with E-state index >= 15 is 0 Å². The summed E-state index contributed by atoms with van der Waals surface area (Å²) in [5, 5.41) is 6.87. The summed E-state index contributed by atoms with van der Waals surface area (Å²) in [5.41, 5.74) is 1.50. The maximum Gasteiger partial charge on any atom is 0.253 e. The van der Waals surface area contributed by atoms with Gasteiger partial charge >= 0.3 is 0 Å². The van der Waals surface area contributed by atoms with E-state index in [0.29, 0.717) is 6.54 Å². The second-order valence-electron chi connectivity index (χ2n) is 6.07. The van der Waals surface area contributed by atoms with Gasteiger partial charge in [-0.05, 0) is 50.2 Å². The number of nitrogens with zero attached hydrogens (tertiary/aromatic N) is 1. The molecule has 1 fully saturated rings. The number of anilines is 2. The van der Waals surface area contributed by atoms with Gasteiger partial charge in [0.05, 0.1) is 22.3 Å². The normalized spacial score (nSPS) is 19.5. The highest BCUT2D eigenvalue weighted by molar-refractivity contribution is 7.16. The molecule has 2 aliphatic heterocycles. The van der Waals surface area contributed by atoms with Crippen LogP contribution in [0.15, 0.2) is 36.4 Å². The number of fused-ring (bicyclic) bond motifs is 1. The first-order chi connectivity index (χ1) is 11.2. The Morgan fingerprint density at radius 1 is 1.17 bits per heavy atom. The molecular formula is C17H18ClN3OS. The summed E-state index contributed by atoms with van der Waals surface area (Å²) < 4.78 is 0.757. The minimum Gasteiger partial charge on any atom is -0.369 e. The Kier molecular flexibility index (Phi) is 3.79. The number of carbonyl (C=O) groups is 1. The van der Waals surface area contributed by atoms with Crippen molar-refractivity contribution in [3.63, 3.8) is 0 Å². The van der Waals surface area contributed by atoms with E-state index in [1.165, 1.54) is 11.3 Å². The monoisotopic (exact) mass is 347 g/mol. The number of amides is 1. The highest BCUT2D eigenvalue weighted by Crippen LogP contribution is 2.40. The van der Waals surface area contributed by atoms with E-state index in [0.717, 1.165) is 46.5 Å². The van der Waals surface area contributed by atoms with Crippen LogP contribution in [-0.2, 0) is 11.3 Å². The third-order valence-electron chi connectivity index (χ3n) is 4.62. The molecule has 3 heterocycles. The number of para-hydroxylation sites is 2. The molecule has 2 aromatic rings. The van der Waals surface area contributed by atoms with Crippen LogP contribution >= 0.6 is 22.9 Å². The zero-order chi connectivity index (χ0) is 15.9. The van der Waals surface area contributed by atoms with E-state index in [1.807, 2.05) is 35.2 Å². The van der Waals surface area contributed by atoms with E-state index in [1.54, 1.807) is 0 Å². The van der Waals surface area contributed by atoms with Gasteiger partial charge in [0.1, 0.15) is 5.54 Å². The predicted octanol–water partition coefficient (Wildman–Crippen LogP) is 3.48. The molecule has 0 atom stereocenters. The Hall–Kier alpha value is -1.56. The van der Waals surface area contributed by atoms with Crippen LogP contribution in [0.1, 0.15) is 17.7 Å². The minimum atomic E-state index is -0.485. The van der Waals surface area contributed by atoms with E-state index in [-0.39, 0.29) is 5.91 Å². The van der Waals surface area contributed by atoms with Crippen LogP contribution in [0, 0.1) is 0 Å². The van der Waals surface area contributed by atoms with Gasteiger partial charge in [-0.3, -0.25) is 4.79 Å². The van der Waals surface area contributed by atoms with Gasteiger partial charge in [0.25, 0.3) is 5.91 Å². The predicted molar refractivity (Wildman–Crippen MR) is 95.4 cm³/mol. The van der Waals surface area contributed by atoms with Gasteiger partial charge in [0.15, 0.2) is 0 Å². The highest BCUT2D eigenvalue weighted by atomic mass is 35.5. The quantitative estimate of drug-likeness (QED) is 0.874. The summed E-state index contributed by atoms with van der Waals surface area (Å²) in [5.74, 6) is 0.169. The Morgan fingerprint density at radius 3 is 2.70 bits per heavy atom. The number of carbonyl (C=O) groups excluding carboxylic acids is 1. The van der Waals surface area contributed by atoms with Crippen molar-refractivity contribution in [2.24, 2.45) is 0 Å². The molecule has 0 saturated carbocycles. The number of benzene rings is 1. The highest BCUT2D eigenvalue weighted by Gasteiger charge is 2.46. The summed E-state index contributed by atoms with van der Waals surface area (Å²) in [6, 6.07) is 11.9. The van der Waals surface area contributed by atoms with E-state index in [2.05, 4.69) is 16.7 Å². The lowest BCUT2D eigenvalue weighted by atomic mass is 9.84. The van der Waals surface area contributed by atoms with Crippen LogP contribution in [-0.4, -0.2) is 24.5 Å². The zero-order valence-corrected chi connectivity index (χ0v) is 14.2. The molecule has 0 bridgehead atoms. The van der Waals surface area contributed by atoms with Crippen LogP contribution in [0.4, 0.5) is 11.4 Å². The second-order valence-corrected chi connectivity index (χ2v) is 7.87. The zero-order valence-electron chi connectivity index (χ0n) is 12.6. The molecule has 4 nitrogen and oxygen atoms in total. The Morgan fingerprint density at radius 2 is 1.96 bits per heavy atom. The maximum atomic E-state index is 13.3. The molecule has 0 radical (unpaired) electrons. The topological polar surface area (TPSA) is 44.4 Å². The Balaban J connectivity index is 1.74. The third kappa shape index (κ3) is 2.63. The van der Waals surface area contributed by atoms with Crippen molar-refractivity contribution < 1.29 is 4.79 Å². The first kappa shape index (κ1) is 15.0. The Labute approximate surface area is 144 Å². The molecule has 1 aromatic heterocycles. The lowest BCUT2D eigenvalue weighted by Crippen LogP contribution is -2.61. The summed E-state index contributed by atoms with van der Waals surface area (Å²) in [7, 11) is 0. The van der Waals surface area contributed by atoms with Crippen LogP contribution in [0.5, 0.6) is 0 Å². The molecule has 4 rings (SSSR count). The number of hydrogen-bond acceptors (Lipinski definition) is 4. The molecule has 1 spiro atoms. The van der Waals surface area contributed by atoms with Crippen LogP contribution in [0.2, 0.25) is 4.34 Å². The summed E-state index contributed by atoms with van der Waals surface area (Å²) in [6.07, 6.45) is 1.61. The average molecular weight is 348 g/mol. The minimum absolute atomic E-state index is 0.169. The summed E-state index contributed by atoms with van der Waals surface area (Å²) in [6.45, 7) is 2.29. The number of rotatable bonds is 2. The van der Waals surface area contributed by atoms with Gasteiger partial charge in [0.2, 0.25) is 0 Å². The SMILES string of the molecule is O=C1N(Cc2ccc(Cl)s2)c2ccccc2NC12CCNCC2. The number of thiophene rings is 1. The molecule has 0 aliphatic carbocycles. The van der Waals surface area contributed by atoms with Gasteiger partial charge in [0, 0.05) is 4.88 Å². The van der Waals surface area contributed by atoms with Crippen LogP contribution in [0.25, 0.3) is 0 Å². The molecule has 23 heavy (non-hydrogen) atoms. The smallest absolute Gasteiger partial charge is 0.253 e. The van der Waals surface area contributed by atoms with Gasteiger partial charge in [-0.1, -0.05) is 23.7 Å². The van der Waals surface area contributed by atoms with Crippen molar-refractivity contribution in [2.45, 2.75) is 24.9 Å². The Bertz CT molecular complexity index is 739. The summed E-state index contributed by atoms with van der Waals surface area (Å²) in [4.78, 5) is 16.3. The van der Waals surface area contributed by atoms with Gasteiger partial charge in [-0.15, -0.1) is 11.3 Å². The summed E-state index contributed by atoms with van der Waals surface area (Å²) >= 11 is 7.58. The fourth-order valence-electron chi connectivity index (χ4n) is 3.44. The van der Waals surface area contributed by atoms with Crippen LogP contribution in [0.3, 0.4) is 0 Å². The largest absolute Gasteiger partial charge is 0.369 e. The van der Waals surface area contributed by atoms with E-state index < -0.39 is 5.54 Å². The number of hydrogen-bond donors (Lipinski definition) is 2. The molecule has 1 aromatic carbocycles. The van der Waals surface area contributed by atoms with Crippen molar-refractivity contribution >= 4 is 40.2 Å². The number of nitrogens with one attached hydrogen (secondary N) is 2. The molecule has 0 unspecified atom stereocenters. The third-order valence-corrected chi connectivity index (χ3v) is 5.84. The number of halogens is 1. The maximum absolute atomic E-state index is 13.3. The van der Waals surface area contributed by atoms with Gasteiger partial charge in [-0.2, -0.15) is 0 Å². The lowest BCUT2D eigenvalue weighted by molar-refractivity contribution is -0.124. The van der Waals surface area contributed by atoms with Crippen molar-refractivity contribution in [3.8, 4) is 0 Å². The number of piperidine rings is 1. The molecule has 1 saturated heterocycles. The van der Waals surface area contributed by atoms with Crippen molar-refractivity contribution in [1.29, 1.82) is 0 Å². The fraction of sp³-hybridized carbons (Fsp3) is 0.353. The molecule has 2 N–H and O–H groups in total. The molecule has 2 aliphatic rings. The molecule has 1 amide bonds. The van der Waals surface area contributed by atoms with Gasteiger partial charge < -0.3 is 15.5 Å². The lowest BCUT2D eigenvalue weighted by Gasteiger charge is -2.45. The first-order valence-corrected chi connectivity index (χ1v) is 9.02. The van der Waals surface area contributed by atoms with Gasteiger partial charge in [-0.25, -0.2) is 0 Å². The first-order valence-electron chi connectivity index (χ1n) is 7.82. The van der Waals surface area contributed by atoms with Crippen LogP contribution < -0.4 is 15.5 Å². The van der Waals surface area contributed by atoms with E-state index in [9.17, 15) is 4.79 Å². The van der Waals surface area contributed by atoms with Crippen molar-refractivity contribution in [3.05, 3.63) is 45.6 Å².